The topological polar surface area (TPSA) is 106 Å². The van der Waals surface area contributed by atoms with E-state index in [2.05, 4.69) is 15.8 Å². The number of hydrogen-bond acceptors (Lipinski definition) is 7. The molecular weight excluding hydrogens is 338 g/mol. The summed E-state index contributed by atoms with van der Waals surface area (Å²) < 4.78 is 9.97. The fourth-order valence-corrected chi connectivity index (χ4v) is 2.24. The van der Waals surface area contributed by atoms with Crippen LogP contribution in [0, 0.1) is 0 Å². The number of rotatable bonds is 10. The number of anilines is 1. The van der Waals surface area contributed by atoms with E-state index in [0.29, 0.717) is 0 Å². The molecule has 0 bridgehead atoms. The molecule has 0 aliphatic heterocycles. The fourth-order valence-electron chi connectivity index (χ4n) is 2.24. The largest absolute Gasteiger partial charge is 0.464 e. The van der Waals surface area contributed by atoms with Crippen LogP contribution in [0.15, 0.2) is 35.4 Å². The maximum atomic E-state index is 12.4. The van der Waals surface area contributed by atoms with E-state index in [9.17, 15) is 14.4 Å². The summed E-state index contributed by atoms with van der Waals surface area (Å²) in [7, 11) is 0. The number of nitrogens with zero attached hydrogens (tertiary/aromatic N) is 1. The second-order valence-corrected chi connectivity index (χ2v) is 5.36. The number of nitrogens with one attached hydrogen (secondary N) is 2. The normalized spacial score (nSPS) is 11.0. The van der Waals surface area contributed by atoms with Crippen molar-refractivity contribution in [3.8, 4) is 0 Å². The zero-order chi connectivity index (χ0) is 19.4. The van der Waals surface area contributed by atoms with E-state index in [1.165, 1.54) is 13.1 Å². The molecule has 8 nitrogen and oxygen atoms in total. The Hall–Kier alpha value is -2.90. The van der Waals surface area contributed by atoms with Gasteiger partial charge in [0.25, 0.3) is 0 Å². The van der Waals surface area contributed by atoms with Gasteiger partial charge >= 0.3 is 11.9 Å². The molecule has 0 unspecified atom stereocenters. The van der Waals surface area contributed by atoms with Crippen LogP contribution in [0.3, 0.4) is 0 Å². The molecule has 26 heavy (non-hydrogen) atoms. The number of benzene rings is 1. The van der Waals surface area contributed by atoms with Crippen LogP contribution in [0.25, 0.3) is 0 Å². The van der Waals surface area contributed by atoms with Gasteiger partial charge in [-0.1, -0.05) is 18.2 Å². The summed E-state index contributed by atoms with van der Waals surface area (Å²) >= 11 is 0. The third kappa shape index (κ3) is 6.19. The number of hydrazone groups is 1. The van der Waals surface area contributed by atoms with E-state index < -0.39 is 23.4 Å². The van der Waals surface area contributed by atoms with Crippen molar-refractivity contribution in [2.75, 3.05) is 18.6 Å². The van der Waals surface area contributed by atoms with E-state index in [0.717, 1.165) is 5.69 Å². The highest BCUT2D eigenvalue weighted by atomic mass is 16.6. The predicted molar refractivity (Wildman–Crippen MR) is 97.6 cm³/mol. The highest BCUT2D eigenvalue weighted by molar-refractivity contribution is 6.07. The van der Waals surface area contributed by atoms with Gasteiger partial charge in [0.15, 0.2) is 0 Å². The molecular formula is C18H25N3O5. The lowest BCUT2D eigenvalue weighted by atomic mass is 9.93. The molecule has 0 radical (unpaired) electrons. The first-order chi connectivity index (χ1) is 12.5. The Labute approximate surface area is 152 Å². The average molecular weight is 363 g/mol. The third-order valence-electron chi connectivity index (χ3n) is 3.34. The maximum absolute atomic E-state index is 12.4. The number of carbonyl (C=O) groups excluding carboxylic acids is 3. The lowest BCUT2D eigenvalue weighted by Crippen LogP contribution is -2.61. The fraction of sp³-hybridized carbons (Fsp3) is 0.444. The Bertz CT molecular complexity index is 613. The molecule has 2 N–H and O–H groups in total. The van der Waals surface area contributed by atoms with Gasteiger partial charge in [-0.25, -0.2) is 9.59 Å². The van der Waals surface area contributed by atoms with Crippen LogP contribution in [0.1, 0.15) is 33.6 Å². The smallest absolute Gasteiger partial charge is 0.343 e. The van der Waals surface area contributed by atoms with Crippen LogP contribution in [-0.4, -0.2) is 42.8 Å². The van der Waals surface area contributed by atoms with Crippen molar-refractivity contribution in [1.82, 2.24) is 5.32 Å². The van der Waals surface area contributed by atoms with Gasteiger partial charge in [0, 0.05) is 13.1 Å². The van der Waals surface area contributed by atoms with Crippen molar-refractivity contribution in [3.63, 3.8) is 0 Å². The zero-order valence-electron chi connectivity index (χ0n) is 15.3. The molecule has 0 saturated carbocycles. The number of carbonyl (C=O) groups is 3. The molecule has 1 aromatic rings. The van der Waals surface area contributed by atoms with Gasteiger partial charge < -0.3 is 14.8 Å². The van der Waals surface area contributed by atoms with E-state index in [4.69, 9.17) is 9.47 Å². The summed E-state index contributed by atoms with van der Waals surface area (Å²) in [4.78, 5) is 36.4. The van der Waals surface area contributed by atoms with Crippen molar-refractivity contribution < 1.29 is 23.9 Å². The molecule has 0 atom stereocenters. The van der Waals surface area contributed by atoms with Crippen LogP contribution in [0.5, 0.6) is 0 Å². The highest BCUT2D eigenvalue weighted by Crippen LogP contribution is 2.18. The average Bonchev–Trinajstić information content (AvgIpc) is 2.61. The minimum Gasteiger partial charge on any atom is -0.464 e. The van der Waals surface area contributed by atoms with Crippen molar-refractivity contribution in [1.29, 1.82) is 0 Å². The number of para-hydroxylation sites is 1. The summed E-state index contributed by atoms with van der Waals surface area (Å²) in [6.45, 7) is 4.60. The van der Waals surface area contributed by atoms with Gasteiger partial charge in [0.05, 0.1) is 18.9 Å². The number of ether oxygens (including phenoxy) is 2. The summed E-state index contributed by atoms with van der Waals surface area (Å²) in [6, 6.07) is 9.30. The molecule has 0 heterocycles. The summed E-state index contributed by atoms with van der Waals surface area (Å²) in [5, 5.41) is 6.44. The van der Waals surface area contributed by atoms with E-state index in [1.54, 1.807) is 13.8 Å². The number of amides is 1. The van der Waals surface area contributed by atoms with Gasteiger partial charge in [-0.3, -0.25) is 10.2 Å². The Morgan fingerprint density at radius 3 is 2.15 bits per heavy atom. The van der Waals surface area contributed by atoms with Crippen LogP contribution >= 0.6 is 0 Å². The Kier molecular flexibility index (Phi) is 8.83. The first-order valence-corrected chi connectivity index (χ1v) is 8.42. The quantitative estimate of drug-likeness (QED) is 0.284. The molecule has 0 saturated heterocycles. The Morgan fingerprint density at radius 1 is 1.08 bits per heavy atom. The zero-order valence-corrected chi connectivity index (χ0v) is 15.3. The lowest BCUT2D eigenvalue weighted by molar-refractivity contribution is -0.168. The summed E-state index contributed by atoms with van der Waals surface area (Å²) in [5.74, 6) is -2.23. The minimum atomic E-state index is -1.89. The summed E-state index contributed by atoms with van der Waals surface area (Å²) in [6.07, 6.45) is 1.71. The molecule has 142 valence electrons. The van der Waals surface area contributed by atoms with Crippen molar-refractivity contribution in [3.05, 3.63) is 30.3 Å². The van der Waals surface area contributed by atoms with Crippen LogP contribution in [-0.2, 0) is 23.9 Å². The predicted octanol–water partition coefficient (Wildman–Crippen LogP) is 1.87. The van der Waals surface area contributed by atoms with Crippen molar-refractivity contribution in [2.24, 2.45) is 5.10 Å². The molecule has 8 heteroatoms. The number of hydrogen-bond donors (Lipinski definition) is 2. The van der Waals surface area contributed by atoms with Gasteiger partial charge in [0.2, 0.25) is 11.4 Å². The van der Waals surface area contributed by atoms with E-state index in [-0.39, 0.29) is 26.1 Å². The van der Waals surface area contributed by atoms with Gasteiger partial charge in [-0.15, -0.1) is 0 Å². The first kappa shape index (κ1) is 21.1. The maximum Gasteiger partial charge on any atom is 0.343 e. The summed E-state index contributed by atoms with van der Waals surface area (Å²) in [5.41, 5.74) is 1.74. The standard InChI is InChI=1S/C18H25N3O5/c1-4-25-16(23)18(20-14(3)22,17(24)26-5-2)12-9-13-19-21-15-10-7-6-8-11-15/h6-8,10-11,13,21H,4-5,9,12H2,1-3H3,(H,20,22)/b19-13+. The monoisotopic (exact) mass is 363 g/mol. The SMILES string of the molecule is CCOC(=O)C(CC/C=N/Nc1ccccc1)(NC(C)=O)C(=O)OCC. The molecule has 1 rings (SSSR count). The van der Waals surface area contributed by atoms with Crippen LogP contribution < -0.4 is 10.7 Å². The minimum absolute atomic E-state index is 0.0375. The molecule has 0 spiro atoms. The van der Waals surface area contributed by atoms with Gasteiger partial charge in [0.1, 0.15) is 0 Å². The molecule has 0 fully saturated rings. The molecule has 0 aliphatic rings. The van der Waals surface area contributed by atoms with Crippen molar-refractivity contribution >= 4 is 29.7 Å². The Balaban J connectivity index is 2.86. The molecule has 1 aromatic carbocycles. The first-order valence-electron chi connectivity index (χ1n) is 8.42. The second kappa shape index (κ2) is 10.9. The van der Waals surface area contributed by atoms with Gasteiger partial charge in [-0.05, 0) is 38.8 Å². The van der Waals surface area contributed by atoms with E-state index in [1.807, 2.05) is 30.3 Å². The van der Waals surface area contributed by atoms with Crippen molar-refractivity contribution in [2.45, 2.75) is 39.2 Å². The third-order valence-corrected chi connectivity index (χ3v) is 3.34. The van der Waals surface area contributed by atoms with E-state index >= 15 is 0 Å². The van der Waals surface area contributed by atoms with Gasteiger partial charge in [-0.2, -0.15) is 5.10 Å². The van der Waals surface area contributed by atoms with Crippen LogP contribution in [0.4, 0.5) is 5.69 Å². The second-order valence-electron chi connectivity index (χ2n) is 5.36. The van der Waals surface area contributed by atoms with Crippen LogP contribution in [0.2, 0.25) is 0 Å². The highest BCUT2D eigenvalue weighted by Gasteiger charge is 2.49. The number of esters is 2. The lowest BCUT2D eigenvalue weighted by Gasteiger charge is -2.29. The molecule has 0 aromatic heterocycles. The molecule has 0 aliphatic carbocycles. The molecule has 1 amide bonds. The Morgan fingerprint density at radius 2 is 1.65 bits per heavy atom.